The largest absolute Gasteiger partial charge is 0.361 e. The van der Waals surface area contributed by atoms with Crippen molar-refractivity contribution in [1.82, 2.24) is 9.97 Å². The molecule has 0 saturated heterocycles. The topological polar surface area (TPSA) is 164 Å². The van der Waals surface area contributed by atoms with Crippen molar-refractivity contribution in [3.05, 3.63) is 137 Å². The van der Waals surface area contributed by atoms with Crippen LogP contribution in [0.2, 0.25) is 0 Å². The second-order valence-electron chi connectivity index (χ2n) is 9.69. The average molecular weight is 725 g/mol. The predicted molar refractivity (Wildman–Crippen MR) is 170 cm³/mol. The summed E-state index contributed by atoms with van der Waals surface area (Å²) < 4.78 is 30.5. The minimum absolute atomic E-state index is 0.165. The Bertz CT molecular complexity index is 2100. The van der Waals surface area contributed by atoms with Gasteiger partial charge in [-0.1, -0.05) is 44.0 Å². The Morgan fingerprint density at radius 1 is 0.721 bits per heavy atom. The molecule has 11 nitrogen and oxygen atoms in total. The van der Waals surface area contributed by atoms with Crippen LogP contribution in [0.5, 0.6) is 0 Å². The van der Waals surface area contributed by atoms with E-state index in [9.17, 15) is 28.6 Å². The smallest absolute Gasteiger partial charge is 0.296 e. The fourth-order valence-electron chi connectivity index (χ4n) is 5.18. The number of nitrogens with one attached hydrogen (secondary N) is 3. The normalized spacial score (nSPS) is 11.8. The van der Waals surface area contributed by atoms with Crippen molar-refractivity contribution in [3.63, 3.8) is 0 Å². The second-order valence-corrected chi connectivity index (χ2v) is 13.2. The number of nitrogens with zero attached hydrogens (tertiary/aromatic N) is 2. The van der Waals surface area contributed by atoms with E-state index in [1.54, 1.807) is 24.3 Å². The maximum atomic E-state index is 13.2. The van der Waals surface area contributed by atoms with Crippen molar-refractivity contribution in [2.45, 2.75) is 10.8 Å². The van der Waals surface area contributed by atoms with Gasteiger partial charge in [-0.3, -0.25) is 25.0 Å². The van der Waals surface area contributed by atoms with Gasteiger partial charge in [-0.25, -0.2) is 8.42 Å². The molecule has 216 valence electrons. The summed E-state index contributed by atoms with van der Waals surface area (Å²) in [7, 11) is -4.45. The first-order valence-electron chi connectivity index (χ1n) is 12.6. The number of halogens is 2. The molecule has 43 heavy (non-hydrogen) atoms. The number of nitro groups is 2. The minimum atomic E-state index is -4.45. The number of fused-ring (bicyclic) bond motifs is 2. The lowest BCUT2D eigenvalue weighted by Gasteiger charge is -2.18. The van der Waals surface area contributed by atoms with Gasteiger partial charge in [0.15, 0.2) is 4.90 Å². The third kappa shape index (κ3) is 5.40. The fraction of sp³-hybridized carbons (Fsp3) is 0.0345. The highest BCUT2D eigenvalue weighted by molar-refractivity contribution is 9.10. The van der Waals surface area contributed by atoms with Crippen LogP contribution < -0.4 is 4.72 Å². The van der Waals surface area contributed by atoms with Crippen molar-refractivity contribution >= 4 is 80.8 Å². The van der Waals surface area contributed by atoms with E-state index in [1.165, 1.54) is 0 Å². The summed E-state index contributed by atoms with van der Waals surface area (Å²) in [6.45, 7) is 0. The lowest BCUT2D eigenvalue weighted by molar-refractivity contribution is -0.396. The van der Waals surface area contributed by atoms with E-state index in [1.807, 2.05) is 48.8 Å². The first kappa shape index (κ1) is 28.6. The van der Waals surface area contributed by atoms with Crippen LogP contribution in [-0.2, 0) is 10.0 Å². The van der Waals surface area contributed by atoms with Gasteiger partial charge < -0.3 is 9.97 Å². The minimum Gasteiger partial charge on any atom is -0.361 e. The predicted octanol–water partition coefficient (Wildman–Crippen LogP) is 7.97. The van der Waals surface area contributed by atoms with Crippen LogP contribution in [0.3, 0.4) is 0 Å². The molecular weight excluding hydrogens is 706 g/mol. The number of anilines is 1. The molecule has 0 aliphatic rings. The summed E-state index contributed by atoms with van der Waals surface area (Å²) in [5.74, 6) is -0.257. The zero-order valence-corrected chi connectivity index (χ0v) is 25.7. The number of hydrogen-bond acceptors (Lipinski definition) is 6. The van der Waals surface area contributed by atoms with Crippen molar-refractivity contribution in [1.29, 1.82) is 0 Å². The number of rotatable bonds is 8. The van der Waals surface area contributed by atoms with Gasteiger partial charge in [0, 0.05) is 60.8 Å². The first-order chi connectivity index (χ1) is 20.5. The quantitative estimate of drug-likeness (QED) is 0.106. The van der Waals surface area contributed by atoms with Crippen LogP contribution in [0.1, 0.15) is 22.6 Å². The van der Waals surface area contributed by atoms with Crippen LogP contribution in [0, 0.1) is 20.2 Å². The van der Waals surface area contributed by atoms with Crippen LogP contribution in [0.4, 0.5) is 17.1 Å². The molecule has 6 rings (SSSR count). The summed E-state index contributed by atoms with van der Waals surface area (Å²) >= 11 is 7.14. The van der Waals surface area contributed by atoms with Gasteiger partial charge in [0.05, 0.1) is 15.9 Å². The van der Waals surface area contributed by atoms with Crippen molar-refractivity contribution in [2.24, 2.45) is 0 Å². The zero-order chi connectivity index (χ0) is 30.5. The highest BCUT2D eigenvalue weighted by Gasteiger charge is 2.29. The number of nitro benzene ring substituents is 2. The molecule has 0 atom stereocenters. The van der Waals surface area contributed by atoms with E-state index in [0.29, 0.717) is 6.07 Å². The lowest BCUT2D eigenvalue weighted by Crippen LogP contribution is -2.15. The van der Waals surface area contributed by atoms with Crippen molar-refractivity contribution < 1.29 is 18.3 Å². The van der Waals surface area contributed by atoms with Crippen LogP contribution >= 0.6 is 31.9 Å². The van der Waals surface area contributed by atoms with Crippen LogP contribution in [0.25, 0.3) is 21.8 Å². The van der Waals surface area contributed by atoms with Crippen LogP contribution in [0.15, 0.2) is 105 Å². The number of sulfonamides is 1. The van der Waals surface area contributed by atoms with Gasteiger partial charge >= 0.3 is 0 Å². The summed E-state index contributed by atoms with van der Waals surface area (Å²) in [6.07, 6.45) is 3.92. The molecule has 0 radical (unpaired) electrons. The number of non-ortho nitro benzene ring substituents is 1. The maximum absolute atomic E-state index is 13.2. The number of H-pyrrole nitrogens is 2. The summed E-state index contributed by atoms with van der Waals surface area (Å²) in [5.41, 5.74) is 3.48. The van der Waals surface area contributed by atoms with Gasteiger partial charge in [-0.05, 0) is 71.3 Å². The summed E-state index contributed by atoms with van der Waals surface area (Å²) in [6, 6.07) is 21.1. The molecule has 14 heteroatoms. The standard InChI is InChI=1S/C29H19Br2N5O6S/c30-17-3-8-25-21(11-17)23(14-32-25)29(24-15-33-26-9-4-18(31)12-22(24)26)16-1-5-19(6-2-16)34-43(41,42)28-10-7-20(35(37)38)13-27(28)36(39)40/h1-15,29,32-34H. The highest BCUT2D eigenvalue weighted by Crippen LogP contribution is 2.41. The molecule has 2 aromatic heterocycles. The van der Waals surface area contributed by atoms with E-state index in [0.717, 1.165) is 59.6 Å². The molecule has 3 N–H and O–H groups in total. The molecule has 0 amide bonds. The maximum Gasteiger partial charge on any atom is 0.296 e. The molecule has 0 aliphatic carbocycles. The number of aromatic nitrogens is 2. The summed E-state index contributed by atoms with van der Waals surface area (Å²) in [5, 5.41) is 24.6. The SMILES string of the molecule is O=[N+]([O-])c1ccc(S(=O)(=O)Nc2ccc(C(c3c[nH]c4ccc(Br)cc34)c3c[nH]c4ccc(Br)cc34)cc2)c([N+](=O)[O-])c1. The van der Waals surface area contributed by atoms with Crippen LogP contribution in [-0.4, -0.2) is 28.2 Å². The van der Waals surface area contributed by atoms with Crippen molar-refractivity contribution in [2.75, 3.05) is 4.72 Å². The fourth-order valence-corrected chi connectivity index (χ4v) is 7.11. The number of hydrogen-bond donors (Lipinski definition) is 3. The van der Waals surface area contributed by atoms with Gasteiger partial charge in [-0.2, -0.15) is 0 Å². The van der Waals surface area contributed by atoms with E-state index in [2.05, 4.69) is 46.5 Å². The van der Waals surface area contributed by atoms with E-state index in [4.69, 9.17) is 0 Å². The molecule has 2 heterocycles. The van der Waals surface area contributed by atoms with Gasteiger partial charge in [0.2, 0.25) is 0 Å². The highest BCUT2D eigenvalue weighted by atomic mass is 79.9. The molecular formula is C29H19Br2N5O6S. The monoisotopic (exact) mass is 723 g/mol. The van der Waals surface area contributed by atoms with E-state index >= 15 is 0 Å². The first-order valence-corrected chi connectivity index (χ1v) is 15.7. The molecule has 0 unspecified atom stereocenters. The molecule has 0 spiro atoms. The molecule has 6 aromatic rings. The Morgan fingerprint density at radius 3 is 1.79 bits per heavy atom. The Hall–Kier alpha value is -4.53. The third-order valence-corrected chi connectivity index (χ3v) is 9.52. The third-order valence-electron chi connectivity index (χ3n) is 7.11. The summed E-state index contributed by atoms with van der Waals surface area (Å²) in [4.78, 5) is 26.8. The second kappa shape index (κ2) is 10.9. The van der Waals surface area contributed by atoms with Crippen molar-refractivity contribution in [3.8, 4) is 0 Å². The Balaban J connectivity index is 1.42. The number of benzene rings is 4. The number of aromatic amines is 2. The molecule has 0 fully saturated rings. The average Bonchev–Trinajstić information content (AvgIpc) is 3.57. The van der Waals surface area contributed by atoms with Gasteiger partial charge in [0.25, 0.3) is 21.4 Å². The van der Waals surface area contributed by atoms with Gasteiger partial charge in [-0.15, -0.1) is 0 Å². The van der Waals surface area contributed by atoms with E-state index in [-0.39, 0.29) is 11.6 Å². The Kier molecular flexibility index (Phi) is 7.28. The molecule has 0 saturated carbocycles. The Labute approximate surface area is 260 Å². The molecule has 4 aromatic carbocycles. The Morgan fingerprint density at radius 2 is 1.28 bits per heavy atom. The molecule has 0 aliphatic heterocycles. The van der Waals surface area contributed by atoms with Gasteiger partial charge in [0.1, 0.15) is 0 Å². The van der Waals surface area contributed by atoms with E-state index < -0.39 is 36.1 Å². The molecule has 0 bridgehead atoms. The zero-order valence-electron chi connectivity index (χ0n) is 21.7. The lowest BCUT2D eigenvalue weighted by atomic mass is 9.85.